The number of carbonyl (C=O) groups excluding carboxylic acids is 1. The van der Waals surface area contributed by atoms with Gasteiger partial charge in [0.25, 0.3) is 0 Å². The maximum atomic E-state index is 12.7. The molecular formula is C11H15F3N4OS2. The van der Waals surface area contributed by atoms with Gasteiger partial charge in [-0.05, 0) is 25.5 Å². The van der Waals surface area contributed by atoms with Crippen molar-refractivity contribution >= 4 is 34.5 Å². The fraction of sp³-hybridized carbons (Fsp3) is 0.727. The predicted octanol–water partition coefficient (Wildman–Crippen LogP) is 3.50. The molecule has 1 aliphatic rings. The van der Waals surface area contributed by atoms with Crippen LogP contribution in [-0.4, -0.2) is 33.9 Å². The Balaban J connectivity index is 1.84. The first-order chi connectivity index (χ1) is 9.88. The van der Waals surface area contributed by atoms with E-state index < -0.39 is 24.2 Å². The predicted molar refractivity (Wildman–Crippen MR) is 75.6 cm³/mol. The Hall–Kier alpha value is -1.03. The van der Waals surface area contributed by atoms with Crippen molar-refractivity contribution in [2.24, 2.45) is 5.92 Å². The van der Waals surface area contributed by atoms with Crippen LogP contribution in [0.25, 0.3) is 0 Å². The number of hydrogen-bond donors (Lipinski definition) is 2. The van der Waals surface area contributed by atoms with Gasteiger partial charge in [0.05, 0.1) is 5.92 Å². The van der Waals surface area contributed by atoms with Crippen LogP contribution in [-0.2, 0) is 0 Å². The molecule has 0 aliphatic heterocycles. The number of carbonyl (C=O) groups is 1. The highest BCUT2D eigenvalue weighted by Gasteiger charge is 2.42. The summed E-state index contributed by atoms with van der Waals surface area (Å²) in [5, 5.41) is 5.96. The Bertz CT molecular complexity index is 494. The number of rotatable bonds is 3. The van der Waals surface area contributed by atoms with Crippen LogP contribution >= 0.6 is 23.3 Å². The van der Waals surface area contributed by atoms with Crippen molar-refractivity contribution in [2.45, 2.75) is 43.1 Å². The molecule has 5 nitrogen and oxygen atoms in total. The molecule has 0 aromatic carbocycles. The summed E-state index contributed by atoms with van der Waals surface area (Å²) >= 11 is 2.38. The first-order valence-electron chi connectivity index (χ1n) is 6.40. The van der Waals surface area contributed by atoms with Gasteiger partial charge in [0.15, 0.2) is 0 Å². The SMILES string of the molecule is CSc1nsc(NC(=O)N[C@@H]2CCC[C@H](C(F)(F)F)C2)n1. The molecule has 21 heavy (non-hydrogen) atoms. The van der Waals surface area contributed by atoms with Gasteiger partial charge in [-0.15, -0.1) is 0 Å². The van der Waals surface area contributed by atoms with E-state index in [0.29, 0.717) is 23.1 Å². The summed E-state index contributed by atoms with van der Waals surface area (Å²) in [5.41, 5.74) is 0. The maximum absolute atomic E-state index is 12.7. The average molecular weight is 340 g/mol. The van der Waals surface area contributed by atoms with Crippen molar-refractivity contribution in [2.75, 3.05) is 11.6 Å². The van der Waals surface area contributed by atoms with Crippen LogP contribution in [0.15, 0.2) is 5.16 Å². The minimum Gasteiger partial charge on any atom is -0.335 e. The number of urea groups is 1. The Morgan fingerprint density at radius 1 is 1.43 bits per heavy atom. The summed E-state index contributed by atoms with van der Waals surface area (Å²) in [6, 6.07) is -0.995. The normalized spacial score (nSPS) is 22.9. The van der Waals surface area contributed by atoms with Gasteiger partial charge in [0.1, 0.15) is 0 Å². The molecule has 0 saturated heterocycles. The molecule has 1 aromatic rings. The minimum atomic E-state index is -4.19. The van der Waals surface area contributed by atoms with E-state index in [-0.39, 0.29) is 12.8 Å². The van der Waals surface area contributed by atoms with Crippen molar-refractivity contribution in [1.82, 2.24) is 14.7 Å². The van der Waals surface area contributed by atoms with Crippen molar-refractivity contribution in [1.29, 1.82) is 0 Å². The van der Waals surface area contributed by atoms with E-state index in [4.69, 9.17) is 0 Å². The van der Waals surface area contributed by atoms with Gasteiger partial charge in [-0.3, -0.25) is 5.32 Å². The van der Waals surface area contributed by atoms with Gasteiger partial charge in [-0.1, -0.05) is 18.2 Å². The minimum absolute atomic E-state index is 0.0664. The third-order valence-electron chi connectivity index (χ3n) is 3.28. The van der Waals surface area contributed by atoms with Gasteiger partial charge in [0.2, 0.25) is 10.3 Å². The van der Waals surface area contributed by atoms with Crippen LogP contribution in [0.4, 0.5) is 23.1 Å². The van der Waals surface area contributed by atoms with Gasteiger partial charge in [0, 0.05) is 17.6 Å². The lowest BCUT2D eigenvalue weighted by atomic mass is 9.85. The van der Waals surface area contributed by atoms with Gasteiger partial charge in [-0.25, -0.2) is 4.79 Å². The quantitative estimate of drug-likeness (QED) is 0.827. The first-order valence-corrected chi connectivity index (χ1v) is 8.40. The number of aromatic nitrogens is 2. The molecule has 1 aromatic heterocycles. The summed E-state index contributed by atoms with van der Waals surface area (Å²) in [6.45, 7) is 0. The second-order valence-electron chi connectivity index (χ2n) is 4.79. The highest BCUT2D eigenvalue weighted by molar-refractivity contribution is 7.98. The van der Waals surface area contributed by atoms with E-state index in [1.54, 1.807) is 0 Å². The lowest BCUT2D eigenvalue weighted by Crippen LogP contribution is -2.43. The van der Waals surface area contributed by atoms with Crippen molar-refractivity contribution in [3.8, 4) is 0 Å². The summed E-state index contributed by atoms with van der Waals surface area (Å²) in [6.07, 6.45) is -1.29. The van der Waals surface area contributed by atoms with Crippen molar-refractivity contribution in [3.63, 3.8) is 0 Å². The molecule has 2 rings (SSSR count). The molecular weight excluding hydrogens is 325 g/mol. The van der Waals surface area contributed by atoms with E-state index in [1.165, 1.54) is 11.8 Å². The zero-order valence-corrected chi connectivity index (χ0v) is 12.9. The van der Waals surface area contributed by atoms with Gasteiger partial charge < -0.3 is 5.32 Å². The van der Waals surface area contributed by atoms with Gasteiger partial charge in [-0.2, -0.15) is 22.5 Å². The third-order valence-corrected chi connectivity index (χ3v) is 4.58. The number of alkyl halides is 3. The number of hydrogen-bond acceptors (Lipinski definition) is 5. The number of halogens is 3. The average Bonchev–Trinajstić information content (AvgIpc) is 2.85. The second-order valence-corrected chi connectivity index (χ2v) is 6.31. The monoisotopic (exact) mass is 340 g/mol. The zero-order chi connectivity index (χ0) is 15.5. The van der Waals surface area contributed by atoms with Crippen LogP contribution in [0, 0.1) is 5.92 Å². The fourth-order valence-electron chi connectivity index (χ4n) is 2.28. The first kappa shape index (κ1) is 16.3. The summed E-state index contributed by atoms with van der Waals surface area (Å²) < 4.78 is 42.1. The maximum Gasteiger partial charge on any atom is 0.391 e. The molecule has 0 radical (unpaired) electrons. The molecule has 1 fully saturated rings. The largest absolute Gasteiger partial charge is 0.391 e. The van der Waals surface area contributed by atoms with Crippen molar-refractivity contribution < 1.29 is 18.0 Å². The van der Waals surface area contributed by atoms with E-state index >= 15 is 0 Å². The lowest BCUT2D eigenvalue weighted by molar-refractivity contribution is -0.183. The Labute approximate surface area is 128 Å². The molecule has 0 bridgehead atoms. The molecule has 118 valence electrons. The van der Waals surface area contributed by atoms with E-state index in [9.17, 15) is 18.0 Å². The van der Waals surface area contributed by atoms with Crippen LogP contribution in [0.5, 0.6) is 0 Å². The lowest BCUT2D eigenvalue weighted by Gasteiger charge is -2.30. The van der Waals surface area contributed by atoms with E-state index in [0.717, 1.165) is 11.5 Å². The molecule has 0 unspecified atom stereocenters. The molecule has 2 amide bonds. The number of nitrogens with one attached hydrogen (secondary N) is 2. The van der Waals surface area contributed by atoms with Crippen LogP contribution < -0.4 is 10.6 Å². The summed E-state index contributed by atoms with van der Waals surface area (Å²) in [7, 11) is 0. The zero-order valence-electron chi connectivity index (χ0n) is 11.2. The number of anilines is 1. The standard InChI is InChI=1S/C11H15F3N4OS2/c1-20-10-17-9(21-18-10)16-8(19)15-7-4-2-3-6(5-7)11(12,13)14/h6-7H,2-5H2,1H3,(H2,15,16,17,18,19)/t6-,7+/m0/s1. The Morgan fingerprint density at radius 3 is 2.81 bits per heavy atom. The Morgan fingerprint density at radius 2 is 2.19 bits per heavy atom. The third kappa shape index (κ3) is 4.73. The fourth-order valence-corrected chi connectivity index (χ4v) is 3.40. The summed E-state index contributed by atoms with van der Waals surface area (Å²) in [4.78, 5) is 15.8. The highest BCUT2D eigenvalue weighted by Crippen LogP contribution is 2.37. The number of nitrogens with zero attached hydrogens (tertiary/aromatic N) is 2. The number of thioether (sulfide) groups is 1. The van der Waals surface area contributed by atoms with E-state index in [2.05, 4.69) is 20.0 Å². The molecule has 0 spiro atoms. The van der Waals surface area contributed by atoms with Gasteiger partial charge >= 0.3 is 12.2 Å². The molecule has 1 heterocycles. The van der Waals surface area contributed by atoms with Crippen molar-refractivity contribution in [3.05, 3.63) is 0 Å². The van der Waals surface area contributed by atoms with Crippen LogP contribution in [0.3, 0.4) is 0 Å². The molecule has 2 atom stereocenters. The molecule has 2 N–H and O–H groups in total. The highest BCUT2D eigenvalue weighted by atomic mass is 32.2. The summed E-state index contributed by atoms with van der Waals surface area (Å²) in [5.74, 6) is -1.33. The molecule has 1 aliphatic carbocycles. The van der Waals surface area contributed by atoms with Crippen LogP contribution in [0.1, 0.15) is 25.7 Å². The van der Waals surface area contributed by atoms with Crippen LogP contribution in [0.2, 0.25) is 0 Å². The van der Waals surface area contributed by atoms with E-state index in [1.807, 2.05) is 6.26 Å². The molecule has 10 heteroatoms. The topological polar surface area (TPSA) is 66.9 Å². The molecule has 1 saturated carbocycles. The number of amides is 2. The Kier molecular flexibility index (Phi) is 5.31. The smallest absolute Gasteiger partial charge is 0.335 e. The second kappa shape index (κ2) is 6.82.